The Morgan fingerprint density at radius 3 is 2.82 bits per heavy atom. The lowest BCUT2D eigenvalue weighted by atomic mass is 10.2. The number of aromatic nitrogens is 2. The molecule has 0 spiro atoms. The molecule has 0 aliphatic carbocycles. The van der Waals surface area contributed by atoms with Crippen LogP contribution in [0.3, 0.4) is 0 Å². The van der Waals surface area contributed by atoms with Crippen molar-refractivity contribution < 1.29 is 4.92 Å². The smallest absolute Gasteiger partial charge is 0.271 e. The lowest BCUT2D eigenvalue weighted by Gasteiger charge is -2.05. The summed E-state index contributed by atoms with van der Waals surface area (Å²) >= 11 is 5.82. The van der Waals surface area contributed by atoms with Crippen molar-refractivity contribution in [2.45, 2.75) is 13.5 Å². The van der Waals surface area contributed by atoms with E-state index in [2.05, 4.69) is 4.98 Å². The fourth-order valence-corrected chi connectivity index (χ4v) is 1.86. The zero-order valence-corrected chi connectivity index (χ0v) is 9.64. The lowest BCUT2D eigenvalue weighted by molar-refractivity contribution is -0.384. The zero-order chi connectivity index (χ0) is 12.6. The number of fused-ring (bicyclic) bond motifs is 1. The summed E-state index contributed by atoms with van der Waals surface area (Å²) in [4.78, 5) is 26.0. The molecule has 0 bridgehead atoms. The predicted molar refractivity (Wildman–Crippen MR) is 63.3 cm³/mol. The molecule has 0 saturated carbocycles. The Labute approximate surface area is 101 Å². The standard InChI is InChI=1S/C10H8ClN3O3/c1-2-13-9(15)7-4-3-6(14(16)17)5-8(7)12-10(13)11/h3-5H,2H2,1H3. The first kappa shape index (κ1) is 11.5. The highest BCUT2D eigenvalue weighted by atomic mass is 35.5. The first-order valence-corrected chi connectivity index (χ1v) is 5.27. The number of nitro benzene ring substituents is 1. The molecule has 1 heterocycles. The van der Waals surface area contributed by atoms with Gasteiger partial charge in [0, 0.05) is 18.7 Å². The molecule has 17 heavy (non-hydrogen) atoms. The number of halogens is 1. The molecule has 0 radical (unpaired) electrons. The first-order chi connectivity index (χ1) is 8.04. The molecule has 1 aromatic heterocycles. The minimum atomic E-state index is -0.541. The van der Waals surface area contributed by atoms with E-state index in [1.165, 1.54) is 22.8 Å². The van der Waals surface area contributed by atoms with Gasteiger partial charge >= 0.3 is 0 Å². The molecule has 0 aliphatic heterocycles. The van der Waals surface area contributed by atoms with E-state index < -0.39 is 4.92 Å². The second-order valence-electron chi connectivity index (χ2n) is 3.39. The Hall–Kier alpha value is -1.95. The van der Waals surface area contributed by atoms with Crippen LogP contribution >= 0.6 is 11.6 Å². The van der Waals surface area contributed by atoms with Crippen LogP contribution in [-0.4, -0.2) is 14.5 Å². The monoisotopic (exact) mass is 253 g/mol. The van der Waals surface area contributed by atoms with Crippen molar-refractivity contribution >= 4 is 28.2 Å². The molecule has 7 heteroatoms. The summed E-state index contributed by atoms with van der Waals surface area (Å²) in [5.74, 6) is 0. The van der Waals surface area contributed by atoms with Crippen LogP contribution in [0.1, 0.15) is 6.92 Å². The normalized spacial score (nSPS) is 10.7. The average Bonchev–Trinajstić information content (AvgIpc) is 2.28. The second-order valence-corrected chi connectivity index (χ2v) is 3.73. The third kappa shape index (κ3) is 1.87. The number of rotatable bonds is 2. The van der Waals surface area contributed by atoms with E-state index in [-0.39, 0.29) is 22.0 Å². The van der Waals surface area contributed by atoms with Crippen LogP contribution in [0.4, 0.5) is 5.69 Å². The van der Waals surface area contributed by atoms with E-state index in [1.807, 2.05) is 0 Å². The Kier molecular flexibility index (Phi) is 2.81. The Balaban J connectivity index is 2.82. The number of benzene rings is 1. The van der Waals surface area contributed by atoms with Gasteiger partial charge in [-0.1, -0.05) is 0 Å². The fourth-order valence-electron chi connectivity index (χ4n) is 1.57. The number of nitrogens with zero attached hydrogens (tertiary/aromatic N) is 3. The Morgan fingerprint density at radius 1 is 1.53 bits per heavy atom. The largest absolute Gasteiger partial charge is 0.283 e. The molecular weight excluding hydrogens is 246 g/mol. The van der Waals surface area contributed by atoms with Gasteiger partial charge in [0.15, 0.2) is 0 Å². The maximum atomic E-state index is 11.9. The van der Waals surface area contributed by atoms with Crippen LogP contribution in [0.25, 0.3) is 10.9 Å². The van der Waals surface area contributed by atoms with E-state index in [4.69, 9.17) is 11.6 Å². The molecule has 0 atom stereocenters. The molecule has 6 nitrogen and oxygen atoms in total. The molecule has 0 amide bonds. The van der Waals surface area contributed by atoms with E-state index in [1.54, 1.807) is 6.92 Å². The summed E-state index contributed by atoms with van der Waals surface area (Å²) in [6.07, 6.45) is 0. The molecule has 2 aromatic rings. The minimum Gasteiger partial charge on any atom is -0.283 e. The Bertz CT molecular complexity index is 666. The molecular formula is C10H8ClN3O3. The molecule has 0 aliphatic rings. The average molecular weight is 254 g/mol. The number of non-ortho nitro benzene ring substituents is 1. The van der Waals surface area contributed by atoms with Crippen LogP contribution in [-0.2, 0) is 6.54 Å². The minimum absolute atomic E-state index is 0.0329. The van der Waals surface area contributed by atoms with Crippen molar-refractivity contribution in [3.63, 3.8) is 0 Å². The molecule has 0 unspecified atom stereocenters. The van der Waals surface area contributed by atoms with E-state index in [0.29, 0.717) is 11.9 Å². The van der Waals surface area contributed by atoms with Crippen LogP contribution in [0, 0.1) is 10.1 Å². The van der Waals surface area contributed by atoms with E-state index in [9.17, 15) is 14.9 Å². The second kappa shape index (κ2) is 4.14. The van der Waals surface area contributed by atoms with Crippen LogP contribution in [0.5, 0.6) is 0 Å². The van der Waals surface area contributed by atoms with E-state index in [0.717, 1.165) is 0 Å². The molecule has 1 aromatic carbocycles. The van der Waals surface area contributed by atoms with Crippen molar-refractivity contribution in [3.05, 3.63) is 44.0 Å². The quantitative estimate of drug-likeness (QED) is 0.466. The third-order valence-corrected chi connectivity index (χ3v) is 2.71. The van der Waals surface area contributed by atoms with Gasteiger partial charge in [-0.3, -0.25) is 19.5 Å². The summed E-state index contributed by atoms with van der Waals surface area (Å²) in [6.45, 7) is 2.17. The molecule has 88 valence electrons. The molecule has 2 rings (SSSR count). The fraction of sp³-hybridized carbons (Fsp3) is 0.200. The van der Waals surface area contributed by atoms with Gasteiger partial charge in [0.05, 0.1) is 15.8 Å². The van der Waals surface area contributed by atoms with Gasteiger partial charge in [0.1, 0.15) is 0 Å². The summed E-state index contributed by atoms with van der Waals surface area (Å²) in [5, 5.41) is 11.0. The van der Waals surface area contributed by atoms with Crippen molar-refractivity contribution in [2.75, 3.05) is 0 Å². The SMILES string of the molecule is CCn1c(Cl)nc2cc([N+](=O)[O-])ccc2c1=O. The van der Waals surface area contributed by atoms with Gasteiger partial charge < -0.3 is 0 Å². The third-order valence-electron chi connectivity index (χ3n) is 2.42. The molecule has 0 saturated heterocycles. The summed E-state index contributed by atoms with van der Waals surface area (Å²) in [6, 6.07) is 3.91. The topological polar surface area (TPSA) is 78.0 Å². The van der Waals surface area contributed by atoms with Crippen molar-refractivity contribution in [1.82, 2.24) is 9.55 Å². The van der Waals surface area contributed by atoms with Gasteiger partial charge in [0.2, 0.25) is 5.28 Å². The highest BCUT2D eigenvalue weighted by Gasteiger charge is 2.12. The highest BCUT2D eigenvalue weighted by molar-refractivity contribution is 6.28. The lowest BCUT2D eigenvalue weighted by Crippen LogP contribution is -2.21. The molecule has 0 fully saturated rings. The van der Waals surface area contributed by atoms with Gasteiger partial charge in [-0.2, -0.15) is 0 Å². The van der Waals surface area contributed by atoms with E-state index >= 15 is 0 Å². The maximum absolute atomic E-state index is 11.9. The van der Waals surface area contributed by atoms with Gasteiger partial charge in [-0.05, 0) is 24.6 Å². The van der Waals surface area contributed by atoms with Crippen molar-refractivity contribution in [2.24, 2.45) is 0 Å². The molecule has 0 N–H and O–H groups in total. The van der Waals surface area contributed by atoms with Gasteiger partial charge in [-0.15, -0.1) is 0 Å². The van der Waals surface area contributed by atoms with Crippen LogP contribution in [0.15, 0.2) is 23.0 Å². The van der Waals surface area contributed by atoms with Crippen LogP contribution in [0.2, 0.25) is 5.28 Å². The predicted octanol–water partition coefficient (Wildman–Crippen LogP) is 1.98. The maximum Gasteiger partial charge on any atom is 0.271 e. The summed E-state index contributed by atoms with van der Waals surface area (Å²) < 4.78 is 1.30. The number of hydrogen-bond donors (Lipinski definition) is 0. The van der Waals surface area contributed by atoms with Crippen LogP contribution < -0.4 is 5.56 Å². The highest BCUT2D eigenvalue weighted by Crippen LogP contribution is 2.18. The summed E-state index contributed by atoms with van der Waals surface area (Å²) in [5.41, 5.74) is -0.175. The first-order valence-electron chi connectivity index (χ1n) is 4.89. The Morgan fingerprint density at radius 2 is 2.24 bits per heavy atom. The van der Waals surface area contributed by atoms with Gasteiger partial charge in [0.25, 0.3) is 11.2 Å². The van der Waals surface area contributed by atoms with Gasteiger partial charge in [-0.25, -0.2) is 4.98 Å². The number of hydrogen-bond acceptors (Lipinski definition) is 4. The summed E-state index contributed by atoms with van der Waals surface area (Å²) in [7, 11) is 0. The number of nitro groups is 1. The van der Waals surface area contributed by atoms with Crippen molar-refractivity contribution in [3.8, 4) is 0 Å². The zero-order valence-electron chi connectivity index (χ0n) is 8.88. The van der Waals surface area contributed by atoms with Crippen molar-refractivity contribution in [1.29, 1.82) is 0 Å².